The van der Waals surface area contributed by atoms with Crippen LogP contribution >= 0.6 is 11.5 Å². The number of nitrogens with one attached hydrogen (secondary N) is 4. The molecule has 2 aliphatic heterocycles. The van der Waals surface area contributed by atoms with Crippen molar-refractivity contribution in [2.75, 3.05) is 29.9 Å². The first kappa shape index (κ1) is 22.2. The third-order valence-electron chi connectivity index (χ3n) is 6.00. The molecule has 5 N–H and O–H groups in total. The Morgan fingerprint density at radius 1 is 1.32 bits per heavy atom. The molecule has 3 aromatic heterocycles. The van der Waals surface area contributed by atoms with Crippen molar-refractivity contribution in [3.63, 3.8) is 0 Å². The molecule has 12 heteroatoms. The Hall–Kier alpha value is -3.64. The third-order valence-corrected chi connectivity index (χ3v) is 6.76. The molecule has 5 heterocycles. The quantitative estimate of drug-likeness (QED) is 0.253. The van der Waals surface area contributed by atoms with Gasteiger partial charge >= 0.3 is 0 Å². The van der Waals surface area contributed by atoms with E-state index in [1.807, 2.05) is 6.07 Å². The van der Waals surface area contributed by atoms with Crippen molar-refractivity contribution in [2.45, 2.75) is 31.7 Å². The number of fused-ring (bicyclic) bond motifs is 1. The van der Waals surface area contributed by atoms with Gasteiger partial charge in [-0.05, 0) is 55.4 Å². The van der Waals surface area contributed by atoms with Gasteiger partial charge in [0.2, 0.25) is 5.88 Å². The van der Waals surface area contributed by atoms with E-state index in [1.165, 1.54) is 18.8 Å². The summed E-state index contributed by atoms with van der Waals surface area (Å²) in [7, 11) is 0. The predicted octanol–water partition coefficient (Wildman–Crippen LogP) is 2.04. The maximum absolute atomic E-state index is 13.1. The van der Waals surface area contributed by atoms with Crippen LogP contribution < -0.4 is 20.9 Å². The minimum Gasteiger partial charge on any atom is -0.492 e. The van der Waals surface area contributed by atoms with Crippen LogP contribution in [0.4, 0.5) is 16.5 Å². The molecule has 176 valence electrons. The Labute approximate surface area is 200 Å². The first-order valence-electron chi connectivity index (χ1n) is 11.2. The SMILES string of the molecule is N=C(NCCC1CCCN1)c1c(O)nsc1Nc1cncc(C(=O)N2CCc3ccncc32)n1. The van der Waals surface area contributed by atoms with E-state index in [4.69, 9.17) is 5.41 Å². The average molecular weight is 480 g/mol. The lowest BCUT2D eigenvalue weighted by Gasteiger charge is -2.16. The monoisotopic (exact) mass is 479 g/mol. The molecule has 2 aliphatic rings. The molecule has 0 aliphatic carbocycles. The standard InChI is InChI=1S/C22H25N9O2S/c23-19(27-8-4-14-2-1-6-26-14)18-20(32)30-34-21(18)29-17-12-25-10-15(28-17)22(33)31-9-5-13-3-7-24-11-16(13)31/h3,7,10-12,14,26H,1-2,4-6,8-9H2,(H2,23,27)(H,28,29)(H,30,32). The normalized spacial score (nSPS) is 16.9. The first-order chi connectivity index (χ1) is 16.6. The minimum atomic E-state index is -0.259. The van der Waals surface area contributed by atoms with Gasteiger partial charge in [-0.25, -0.2) is 4.98 Å². The van der Waals surface area contributed by atoms with E-state index in [9.17, 15) is 9.90 Å². The fourth-order valence-corrected chi connectivity index (χ4v) is 4.98. The van der Waals surface area contributed by atoms with Crippen LogP contribution in [0.25, 0.3) is 0 Å². The molecule has 0 aromatic carbocycles. The van der Waals surface area contributed by atoms with Gasteiger partial charge in [0.05, 0.1) is 24.3 Å². The summed E-state index contributed by atoms with van der Waals surface area (Å²) in [6.45, 7) is 2.21. The zero-order valence-corrected chi connectivity index (χ0v) is 19.2. The Morgan fingerprint density at radius 3 is 3.09 bits per heavy atom. The van der Waals surface area contributed by atoms with E-state index in [-0.39, 0.29) is 28.9 Å². The maximum Gasteiger partial charge on any atom is 0.278 e. The number of amides is 1. The summed E-state index contributed by atoms with van der Waals surface area (Å²) in [5.74, 6) is -0.0898. The molecule has 3 aromatic rings. The summed E-state index contributed by atoms with van der Waals surface area (Å²) in [6.07, 6.45) is 10.3. The second kappa shape index (κ2) is 9.69. The number of pyridine rings is 1. The third kappa shape index (κ3) is 4.54. The minimum absolute atomic E-state index is 0.0770. The van der Waals surface area contributed by atoms with Crippen LogP contribution in [0.3, 0.4) is 0 Å². The molecule has 34 heavy (non-hydrogen) atoms. The summed E-state index contributed by atoms with van der Waals surface area (Å²) in [4.78, 5) is 27.5. The molecular formula is C22H25N9O2S. The summed E-state index contributed by atoms with van der Waals surface area (Å²) >= 11 is 1.01. The summed E-state index contributed by atoms with van der Waals surface area (Å²) in [5.41, 5.74) is 2.32. The lowest BCUT2D eigenvalue weighted by atomic mass is 10.1. The molecule has 1 atom stereocenters. The van der Waals surface area contributed by atoms with E-state index in [1.54, 1.807) is 17.3 Å². The number of anilines is 3. The highest BCUT2D eigenvalue weighted by Gasteiger charge is 2.27. The highest BCUT2D eigenvalue weighted by Crippen LogP contribution is 2.32. The topological polar surface area (TPSA) is 152 Å². The fourth-order valence-electron chi connectivity index (χ4n) is 4.27. The van der Waals surface area contributed by atoms with Gasteiger partial charge in [-0.1, -0.05) is 0 Å². The number of aromatic hydroxyl groups is 1. The molecule has 1 fully saturated rings. The van der Waals surface area contributed by atoms with Gasteiger partial charge in [0.25, 0.3) is 5.91 Å². The molecule has 5 rings (SSSR count). The molecule has 1 saturated heterocycles. The van der Waals surface area contributed by atoms with Crippen molar-refractivity contribution >= 4 is 39.8 Å². The van der Waals surface area contributed by atoms with Gasteiger partial charge in [0, 0.05) is 25.3 Å². The number of carbonyl (C=O) groups is 1. The van der Waals surface area contributed by atoms with E-state index in [2.05, 4.69) is 35.3 Å². The zero-order valence-electron chi connectivity index (χ0n) is 18.4. The average Bonchev–Trinajstić information content (AvgIpc) is 3.59. The molecular weight excluding hydrogens is 454 g/mol. The van der Waals surface area contributed by atoms with Crippen LogP contribution in [0.1, 0.15) is 40.9 Å². The number of hydrogen-bond donors (Lipinski definition) is 5. The van der Waals surface area contributed by atoms with Crippen molar-refractivity contribution in [3.05, 3.63) is 47.7 Å². The van der Waals surface area contributed by atoms with Gasteiger partial charge in [-0.2, -0.15) is 4.37 Å². The summed E-state index contributed by atoms with van der Waals surface area (Å²) in [6, 6.07) is 2.37. The number of nitrogens with zero attached hydrogens (tertiary/aromatic N) is 5. The number of carbonyl (C=O) groups excluding carboxylic acids is 1. The number of hydrogen-bond acceptors (Lipinski definition) is 10. The summed E-state index contributed by atoms with van der Waals surface area (Å²) < 4.78 is 3.98. The van der Waals surface area contributed by atoms with Crippen LogP contribution in [0.15, 0.2) is 30.9 Å². The molecule has 0 radical (unpaired) electrons. The van der Waals surface area contributed by atoms with Crippen molar-refractivity contribution in [1.29, 1.82) is 5.41 Å². The Balaban J connectivity index is 1.28. The predicted molar refractivity (Wildman–Crippen MR) is 129 cm³/mol. The Kier molecular flexibility index (Phi) is 6.32. The second-order valence-electron chi connectivity index (χ2n) is 8.22. The van der Waals surface area contributed by atoms with Crippen LogP contribution in [-0.4, -0.2) is 61.9 Å². The van der Waals surface area contributed by atoms with Crippen LogP contribution in [-0.2, 0) is 6.42 Å². The van der Waals surface area contributed by atoms with Gasteiger partial charge in [-0.15, -0.1) is 0 Å². The first-order valence-corrected chi connectivity index (χ1v) is 12.0. The van der Waals surface area contributed by atoms with E-state index in [0.717, 1.165) is 48.6 Å². The van der Waals surface area contributed by atoms with Gasteiger partial charge in [-0.3, -0.25) is 20.2 Å². The Morgan fingerprint density at radius 2 is 2.24 bits per heavy atom. The second-order valence-corrected chi connectivity index (χ2v) is 8.99. The molecule has 0 spiro atoms. The highest BCUT2D eigenvalue weighted by molar-refractivity contribution is 7.11. The van der Waals surface area contributed by atoms with Gasteiger partial charge in [0.1, 0.15) is 27.9 Å². The van der Waals surface area contributed by atoms with E-state index < -0.39 is 0 Å². The lowest BCUT2D eigenvalue weighted by Crippen LogP contribution is -2.30. The van der Waals surface area contributed by atoms with Crippen molar-refractivity contribution < 1.29 is 9.90 Å². The van der Waals surface area contributed by atoms with Gasteiger partial charge < -0.3 is 26.0 Å². The van der Waals surface area contributed by atoms with Crippen molar-refractivity contribution in [3.8, 4) is 5.88 Å². The van der Waals surface area contributed by atoms with Crippen LogP contribution in [0.2, 0.25) is 0 Å². The summed E-state index contributed by atoms with van der Waals surface area (Å²) in [5, 5.41) is 28.6. The fraction of sp³-hybridized carbons (Fsp3) is 0.364. The number of aromatic nitrogens is 4. The van der Waals surface area contributed by atoms with E-state index >= 15 is 0 Å². The maximum atomic E-state index is 13.1. The Bertz CT molecular complexity index is 1210. The molecule has 0 saturated carbocycles. The van der Waals surface area contributed by atoms with Crippen molar-refractivity contribution in [1.82, 2.24) is 30.0 Å². The van der Waals surface area contributed by atoms with Gasteiger partial charge in [0.15, 0.2) is 0 Å². The highest BCUT2D eigenvalue weighted by atomic mass is 32.1. The van der Waals surface area contributed by atoms with E-state index in [0.29, 0.717) is 30.0 Å². The number of rotatable bonds is 7. The largest absolute Gasteiger partial charge is 0.492 e. The number of amidine groups is 1. The molecule has 0 bridgehead atoms. The van der Waals surface area contributed by atoms with Crippen molar-refractivity contribution in [2.24, 2.45) is 0 Å². The van der Waals surface area contributed by atoms with Crippen LogP contribution in [0, 0.1) is 5.41 Å². The molecule has 1 amide bonds. The lowest BCUT2D eigenvalue weighted by molar-refractivity contribution is 0.0984. The molecule has 1 unspecified atom stereocenters. The smallest absolute Gasteiger partial charge is 0.278 e. The molecule has 11 nitrogen and oxygen atoms in total. The zero-order chi connectivity index (χ0) is 23.5. The van der Waals surface area contributed by atoms with Crippen LogP contribution in [0.5, 0.6) is 5.88 Å².